The van der Waals surface area contributed by atoms with Crippen LogP contribution in [0.5, 0.6) is 5.75 Å². The first-order valence-electron chi connectivity index (χ1n) is 9.07. The second-order valence-corrected chi connectivity index (χ2v) is 7.34. The van der Waals surface area contributed by atoms with E-state index in [1.165, 1.54) is 0 Å². The van der Waals surface area contributed by atoms with Crippen molar-refractivity contribution in [1.82, 2.24) is 15.5 Å². The third kappa shape index (κ3) is 7.73. The van der Waals surface area contributed by atoms with E-state index >= 15 is 0 Å². The monoisotopic (exact) mass is 508 g/mol. The van der Waals surface area contributed by atoms with Crippen LogP contribution in [-0.2, 0) is 4.79 Å². The number of benzene rings is 1. The quantitative estimate of drug-likeness (QED) is 0.352. The highest BCUT2D eigenvalue weighted by atomic mass is 127. The number of guanidine groups is 1. The Hall–Kier alpha value is -1.22. The van der Waals surface area contributed by atoms with E-state index in [1.807, 2.05) is 49.9 Å². The predicted molar refractivity (Wildman–Crippen MR) is 121 cm³/mol. The number of halogens is 2. The minimum atomic E-state index is -0.0303. The van der Waals surface area contributed by atoms with Gasteiger partial charge in [0.05, 0.1) is 6.54 Å². The Kier molecular flexibility index (Phi) is 10.2. The Balaban J connectivity index is 0.00000364. The summed E-state index contributed by atoms with van der Waals surface area (Å²) in [4.78, 5) is 18.3. The van der Waals surface area contributed by atoms with Gasteiger partial charge in [-0.15, -0.1) is 24.0 Å². The van der Waals surface area contributed by atoms with Crippen molar-refractivity contribution in [3.8, 4) is 5.75 Å². The Morgan fingerprint density at radius 2 is 2.00 bits per heavy atom. The predicted octanol–water partition coefficient (Wildman–Crippen LogP) is 3.15. The molecule has 1 aliphatic rings. The smallest absolute Gasteiger partial charge is 0.225 e. The van der Waals surface area contributed by atoms with Gasteiger partial charge in [-0.2, -0.15) is 0 Å². The van der Waals surface area contributed by atoms with E-state index in [2.05, 4.69) is 15.6 Å². The second-order valence-electron chi connectivity index (χ2n) is 6.90. The van der Waals surface area contributed by atoms with Crippen molar-refractivity contribution in [3.63, 3.8) is 0 Å². The zero-order chi connectivity index (χ0) is 19.1. The molecular weight excluding hydrogens is 479 g/mol. The molecule has 0 aromatic heterocycles. The first kappa shape index (κ1) is 23.8. The van der Waals surface area contributed by atoms with Crippen LogP contribution in [0.1, 0.15) is 27.2 Å². The van der Waals surface area contributed by atoms with Crippen LogP contribution < -0.4 is 15.4 Å². The van der Waals surface area contributed by atoms with Gasteiger partial charge in [-0.3, -0.25) is 9.79 Å². The van der Waals surface area contributed by atoms with E-state index in [4.69, 9.17) is 16.3 Å². The molecule has 27 heavy (non-hydrogen) atoms. The van der Waals surface area contributed by atoms with Gasteiger partial charge in [-0.25, -0.2) is 0 Å². The van der Waals surface area contributed by atoms with E-state index in [9.17, 15) is 4.79 Å². The first-order chi connectivity index (χ1) is 12.4. The van der Waals surface area contributed by atoms with Gasteiger partial charge in [-0.05, 0) is 37.6 Å². The van der Waals surface area contributed by atoms with Crippen LogP contribution in [0.25, 0.3) is 0 Å². The number of ether oxygens (including phenoxy) is 1. The fraction of sp³-hybridized carbons (Fsp3) is 0.579. The third-order valence-corrected chi connectivity index (χ3v) is 4.52. The van der Waals surface area contributed by atoms with Gasteiger partial charge in [-0.1, -0.05) is 25.4 Å². The number of nitrogens with one attached hydrogen (secondary N) is 2. The minimum absolute atomic E-state index is 0. The number of hydrogen-bond acceptors (Lipinski definition) is 3. The second kappa shape index (κ2) is 11.6. The molecule has 1 fully saturated rings. The first-order valence-corrected chi connectivity index (χ1v) is 9.45. The minimum Gasteiger partial charge on any atom is -0.489 e. The van der Waals surface area contributed by atoms with E-state index in [-0.39, 0.29) is 47.9 Å². The van der Waals surface area contributed by atoms with Crippen molar-refractivity contribution in [2.24, 2.45) is 10.9 Å². The third-order valence-electron chi connectivity index (χ3n) is 4.27. The lowest BCUT2D eigenvalue weighted by Crippen LogP contribution is -2.47. The maximum atomic E-state index is 12.1. The maximum Gasteiger partial charge on any atom is 0.225 e. The van der Waals surface area contributed by atoms with Gasteiger partial charge in [0.25, 0.3) is 0 Å². The lowest BCUT2D eigenvalue weighted by molar-refractivity contribution is -0.133. The molecule has 1 heterocycles. The Bertz CT molecular complexity index is 625. The summed E-state index contributed by atoms with van der Waals surface area (Å²) >= 11 is 5.88. The summed E-state index contributed by atoms with van der Waals surface area (Å²) in [7, 11) is 1.74. The number of likely N-dealkylation sites (tertiary alicyclic amines) is 1. The highest BCUT2D eigenvalue weighted by molar-refractivity contribution is 14.0. The number of aliphatic imine (C=N–C) groups is 1. The molecule has 8 heteroatoms. The number of nitrogens with zero attached hydrogens (tertiary/aromatic N) is 2. The zero-order valence-electron chi connectivity index (χ0n) is 16.4. The van der Waals surface area contributed by atoms with Gasteiger partial charge >= 0.3 is 0 Å². The fourth-order valence-electron chi connectivity index (χ4n) is 2.86. The summed E-state index contributed by atoms with van der Waals surface area (Å²) in [5.41, 5.74) is 0. The van der Waals surface area contributed by atoms with Crippen LogP contribution in [0.2, 0.25) is 5.02 Å². The van der Waals surface area contributed by atoms with Gasteiger partial charge in [0.2, 0.25) is 5.91 Å². The SMILES string of the molecule is CN=C(NCC(C)Oc1ccc(Cl)cc1)NC1CCN(C(=O)C(C)C)C1.I. The molecular formula is C19H30ClIN4O2. The summed E-state index contributed by atoms with van der Waals surface area (Å²) in [6.45, 7) is 7.99. The molecule has 0 radical (unpaired) electrons. The molecule has 1 aromatic rings. The lowest BCUT2D eigenvalue weighted by Gasteiger charge is -2.21. The largest absolute Gasteiger partial charge is 0.489 e. The molecule has 0 saturated carbocycles. The average molecular weight is 509 g/mol. The molecule has 0 aliphatic carbocycles. The molecule has 0 spiro atoms. The zero-order valence-corrected chi connectivity index (χ0v) is 19.5. The van der Waals surface area contributed by atoms with Gasteiger partial charge in [0, 0.05) is 37.1 Å². The average Bonchev–Trinajstić information content (AvgIpc) is 3.08. The lowest BCUT2D eigenvalue weighted by atomic mass is 10.2. The van der Waals surface area contributed by atoms with E-state index < -0.39 is 0 Å². The molecule has 1 aromatic carbocycles. The summed E-state index contributed by atoms with van der Waals surface area (Å²) < 4.78 is 5.85. The van der Waals surface area contributed by atoms with Gasteiger partial charge in [0.15, 0.2) is 5.96 Å². The highest BCUT2D eigenvalue weighted by Crippen LogP contribution is 2.16. The molecule has 0 bridgehead atoms. The van der Waals surface area contributed by atoms with Crippen LogP contribution in [0.4, 0.5) is 0 Å². The number of carbonyl (C=O) groups excluding carboxylic acids is 1. The van der Waals surface area contributed by atoms with Crippen molar-refractivity contribution in [1.29, 1.82) is 0 Å². The fourth-order valence-corrected chi connectivity index (χ4v) is 2.98. The molecule has 1 aliphatic heterocycles. The van der Waals surface area contributed by atoms with Crippen LogP contribution in [0.15, 0.2) is 29.3 Å². The molecule has 152 valence electrons. The van der Waals surface area contributed by atoms with Crippen molar-refractivity contribution < 1.29 is 9.53 Å². The van der Waals surface area contributed by atoms with Gasteiger partial charge in [0.1, 0.15) is 11.9 Å². The Morgan fingerprint density at radius 3 is 2.59 bits per heavy atom. The number of rotatable bonds is 6. The maximum absolute atomic E-state index is 12.1. The summed E-state index contributed by atoms with van der Waals surface area (Å²) in [5.74, 6) is 1.75. The summed E-state index contributed by atoms with van der Waals surface area (Å²) in [6, 6.07) is 7.54. The number of hydrogen-bond donors (Lipinski definition) is 2. The molecule has 2 atom stereocenters. The standard InChI is InChI=1S/C19H29ClN4O2.HI/c1-13(2)18(25)24-10-9-16(12-24)23-19(21-4)22-11-14(3)26-17-7-5-15(20)6-8-17;/h5-8,13-14,16H,9-12H2,1-4H3,(H2,21,22,23);1H. The van der Waals surface area contributed by atoms with Crippen molar-refractivity contribution in [2.75, 3.05) is 26.7 Å². The van der Waals surface area contributed by atoms with E-state index in [0.29, 0.717) is 18.1 Å². The van der Waals surface area contributed by atoms with Gasteiger partial charge < -0.3 is 20.3 Å². The number of carbonyl (C=O) groups is 1. The normalized spacial score (nSPS) is 18.1. The molecule has 2 unspecified atom stereocenters. The Morgan fingerprint density at radius 1 is 1.33 bits per heavy atom. The van der Waals surface area contributed by atoms with Crippen LogP contribution in [0.3, 0.4) is 0 Å². The van der Waals surface area contributed by atoms with Crippen molar-refractivity contribution >= 4 is 47.4 Å². The summed E-state index contributed by atoms with van der Waals surface area (Å²) in [5, 5.41) is 7.36. The van der Waals surface area contributed by atoms with E-state index in [1.54, 1.807) is 7.05 Å². The molecule has 1 amide bonds. The molecule has 2 N–H and O–H groups in total. The van der Waals surface area contributed by atoms with Crippen molar-refractivity contribution in [3.05, 3.63) is 29.3 Å². The molecule has 2 rings (SSSR count). The topological polar surface area (TPSA) is 66.0 Å². The van der Waals surface area contributed by atoms with Crippen molar-refractivity contribution in [2.45, 2.75) is 39.3 Å². The highest BCUT2D eigenvalue weighted by Gasteiger charge is 2.27. The summed E-state index contributed by atoms with van der Waals surface area (Å²) in [6.07, 6.45) is 0.896. The van der Waals surface area contributed by atoms with Crippen LogP contribution >= 0.6 is 35.6 Å². The molecule has 6 nitrogen and oxygen atoms in total. The number of amides is 1. The van der Waals surface area contributed by atoms with Crippen LogP contribution in [-0.4, -0.2) is 55.6 Å². The van der Waals surface area contributed by atoms with E-state index in [0.717, 1.165) is 24.7 Å². The Labute approximate surface area is 184 Å². The molecule has 1 saturated heterocycles. The van der Waals surface area contributed by atoms with Crippen LogP contribution in [0, 0.1) is 5.92 Å².